The van der Waals surface area contributed by atoms with Crippen molar-refractivity contribution in [1.29, 1.82) is 0 Å². The lowest BCUT2D eigenvalue weighted by Gasteiger charge is -2.21. The number of halogens is 1. The van der Waals surface area contributed by atoms with Gasteiger partial charge in [-0.05, 0) is 18.6 Å². The van der Waals surface area contributed by atoms with Gasteiger partial charge < -0.3 is 10.8 Å². The Bertz CT molecular complexity index is 276. The highest BCUT2D eigenvalue weighted by molar-refractivity contribution is 5.19. The first kappa shape index (κ1) is 9.09. The number of hydrogen-bond donors (Lipinski definition) is 2. The molecule has 0 spiro atoms. The number of aliphatic hydroxyl groups is 1. The molecular formula is C8H11FN2O. The Kier molecular flexibility index (Phi) is 2.40. The molecule has 0 fully saturated rings. The maximum Gasteiger partial charge on any atom is 0.141 e. The van der Waals surface area contributed by atoms with Crippen molar-refractivity contribution in [2.24, 2.45) is 5.73 Å². The van der Waals surface area contributed by atoms with Crippen LogP contribution in [0.1, 0.15) is 12.5 Å². The molecule has 0 radical (unpaired) electrons. The summed E-state index contributed by atoms with van der Waals surface area (Å²) < 4.78 is 12.6. The van der Waals surface area contributed by atoms with Gasteiger partial charge in [-0.3, -0.25) is 4.98 Å². The standard InChI is InChI=1S/C8H11FN2O/c1-8(10,5-12)6-2-7(9)4-11-3-6/h2-4,12H,5,10H2,1H3/t8-/m1/s1. The number of aromatic nitrogens is 1. The molecule has 0 aliphatic rings. The van der Waals surface area contributed by atoms with Crippen LogP contribution in [0.15, 0.2) is 18.5 Å². The minimum atomic E-state index is -0.922. The zero-order valence-electron chi connectivity index (χ0n) is 6.79. The molecule has 0 amide bonds. The van der Waals surface area contributed by atoms with Gasteiger partial charge in [0, 0.05) is 6.20 Å². The first-order valence-corrected chi connectivity index (χ1v) is 3.57. The summed E-state index contributed by atoms with van der Waals surface area (Å²) in [5.41, 5.74) is 5.22. The van der Waals surface area contributed by atoms with Gasteiger partial charge in [0.1, 0.15) is 5.82 Å². The van der Waals surface area contributed by atoms with Crippen LogP contribution in [0, 0.1) is 5.82 Å². The van der Waals surface area contributed by atoms with Gasteiger partial charge in [0.05, 0.1) is 18.3 Å². The molecule has 1 aromatic rings. The Morgan fingerprint density at radius 1 is 1.67 bits per heavy atom. The van der Waals surface area contributed by atoms with E-state index in [-0.39, 0.29) is 6.61 Å². The van der Waals surface area contributed by atoms with Crippen LogP contribution in [0.3, 0.4) is 0 Å². The van der Waals surface area contributed by atoms with Crippen LogP contribution in [0.2, 0.25) is 0 Å². The van der Waals surface area contributed by atoms with Gasteiger partial charge in [-0.25, -0.2) is 4.39 Å². The Labute approximate surface area is 70.0 Å². The van der Waals surface area contributed by atoms with Gasteiger partial charge in [-0.15, -0.1) is 0 Å². The van der Waals surface area contributed by atoms with Crippen LogP contribution in [0.4, 0.5) is 4.39 Å². The number of aliphatic hydroxyl groups excluding tert-OH is 1. The van der Waals surface area contributed by atoms with Gasteiger partial charge >= 0.3 is 0 Å². The van der Waals surface area contributed by atoms with Crippen molar-refractivity contribution < 1.29 is 9.50 Å². The third kappa shape index (κ3) is 1.78. The van der Waals surface area contributed by atoms with E-state index in [1.54, 1.807) is 6.92 Å². The van der Waals surface area contributed by atoms with Crippen molar-refractivity contribution in [3.63, 3.8) is 0 Å². The van der Waals surface area contributed by atoms with E-state index in [0.29, 0.717) is 5.56 Å². The van der Waals surface area contributed by atoms with Gasteiger partial charge in [0.25, 0.3) is 0 Å². The molecule has 4 heteroatoms. The van der Waals surface area contributed by atoms with Crippen molar-refractivity contribution in [2.75, 3.05) is 6.61 Å². The van der Waals surface area contributed by atoms with E-state index in [1.165, 1.54) is 12.3 Å². The average Bonchev–Trinajstić information content (AvgIpc) is 2.05. The fourth-order valence-electron chi connectivity index (χ4n) is 0.815. The Morgan fingerprint density at radius 3 is 2.83 bits per heavy atom. The van der Waals surface area contributed by atoms with Crippen LogP contribution in [0.25, 0.3) is 0 Å². The highest BCUT2D eigenvalue weighted by Gasteiger charge is 2.20. The molecule has 1 heterocycles. The van der Waals surface area contributed by atoms with Crippen LogP contribution >= 0.6 is 0 Å². The highest BCUT2D eigenvalue weighted by Crippen LogP contribution is 2.15. The minimum absolute atomic E-state index is 0.238. The number of nitrogens with zero attached hydrogens (tertiary/aromatic N) is 1. The van der Waals surface area contributed by atoms with E-state index in [1.807, 2.05) is 0 Å². The van der Waals surface area contributed by atoms with Gasteiger partial charge in [0.2, 0.25) is 0 Å². The topological polar surface area (TPSA) is 59.1 Å². The molecule has 0 unspecified atom stereocenters. The maximum absolute atomic E-state index is 12.6. The molecular weight excluding hydrogens is 159 g/mol. The molecule has 12 heavy (non-hydrogen) atoms. The molecule has 0 aromatic carbocycles. The summed E-state index contributed by atoms with van der Waals surface area (Å²) in [6.45, 7) is 1.38. The van der Waals surface area contributed by atoms with Gasteiger partial charge in [-0.2, -0.15) is 0 Å². The zero-order valence-corrected chi connectivity index (χ0v) is 6.79. The van der Waals surface area contributed by atoms with Crippen molar-refractivity contribution in [2.45, 2.75) is 12.5 Å². The second-order valence-corrected chi connectivity index (χ2v) is 2.97. The summed E-state index contributed by atoms with van der Waals surface area (Å²) >= 11 is 0. The fourth-order valence-corrected chi connectivity index (χ4v) is 0.815. The van der Waals surface area contributed by atoms with E-state index >= 15 is 0 Å². The summed E-state index contributed by atoms with van der Waals surface area (Å²) in [6.07, 6.45) is 2.54. The van der Waals surface area contributed by atoms with E-state index in [2.05, 4.69) is 4.98 Å². The molecule has 0 saturated carbocycles. The van der Waals surface area contributed by atoms with Crippen molar-refractivity contribution in [3.8, 4) is 0 Å². The molecule has 3 N–H and O–H groups in total. The predicted molar refractivity (Wildman–Crippen MR) is 42.8 cm³/mol. The van der Waals surface area contributed by atoms with Crippen LogP contribution in [0.5, 0.6) is 0 Å². The van der Waals surface area contributed by atoms with E-state index in [0.717, 1.165) is 6.20 Å². The van der Waals surface area contributed by atoms with Crippen molar-refractivity contribution in [1.82, 2.24) is 4.98 Å². The molecule has 0 bridgehead atoms. The number of hydrogen-bond acceptors (Lipinski definition) is 3. The lowest BCUT2D eigenvalue weighted by molar-refractivity contribution is 0.209. The largest absolute Gasteiger partial charge is 0.394 e. The van der Waals surface area contributed by atoms with Crippen LogP contribution in [-0.2, 0) is 5.54 Å². The molecule has 1 rings (SSSR count). The molecule has 66 valence electrons. The highest BCUT2D eigenvalue weighted by atomic mass is 19.1. The fraction of sp³-hybridized carbons (Fsp3) is 0.375. The molecule has 0 aliphatic heterocycles. The second kappa shape index (κ2) is 3.16. The summed E-state index contributed by atoms with van der Waals surface area (Å²) in [5.74, 6) is -0.447. The number of nitrogens with two attached hydrogens (primary N) is 1. The summed E-state index contributed by atoms with van der Waals surface area (Å²) in [5, 5.41) is 8.86. The smallest absolute Gasteiger partial charge is 0.141 e. The van der Waals surface area contributed by atoms with E-state index < -0.39 is 11.4 Å². The normalized spacial score (nSPS) is 15.7. The van der Waals surface area contributed by atoms with Crippen molar-refractivity contribution >= 4 is 0 Å². The lowest BCUT2D eigenvalue weighted by atomic mass is 9.96. The monoisotopic (exact) mass is 170 g/mol. The molecule has 0 saturated heterocycles. The van der Waals surface area contributed by atoms with Gasteiger partial charge in [-0.1, -0.05) is 0 Å². The van der Waals surface area contributed by atoms with Crippen LogP contribution < -0.4 is 5.73 Å². The Balaban J connectivity index is 3.03. The predicted octanol–water partition coefficient (Wildman–Crippen LogP) is 0.387. The quantitative estimate of drug-likeness (QED) is 0.674. The molecule has 1 aromatic heterocycles. The second-order valence-electron chi connectivity index (χ2n) is 2.97. The Hall–Kier alpha value is -1.00. The van der Waals surface area contributed by atoms with E-state index in [9.17, 15) is 4.39 Å². The number of pyridine rings is 1. The SMILES string of the molecule is C[C@@](N)(CO)c1cncc(F)c1. The molecule has 3 nitrogen and oxygen atoms in total. The summed E-state index contributed by atoms with van der Waals surface area (Å²) in [4.78, 5) is 3.63. The zero-order chi connectivity index (χ0) is 9.19. The molecule has 0 aliphatic carbocycles. The van der Waals surface area contributed by atoms with Crippen molar-refractivity contribution in [3.05, 3.63) is 29.8 Å². The van der Waals surface area contributed by atoms with Crippen LogP contribution in [-0.4, -0.2) is 16.7 Å². The molecule has 1 atom stereocenters. The van der Waals surface area contributed by atoms with E-state index in [4.69, 9.17) is 10.8 Å². The third-order valence-corrected chi connectivity index (χ3v) is 1.69. The average molecular weight is 170 g/mol. The first-order valence-electron chi connectivity index (χ1n) is 3.57. The summed E-state index contributed by atoms with van der Waals surface area (Å²) in [7, 11) is 0. The third-order valence-electron chi connectivity index (χ3n) is 1.69. The summed E-state index contributed by atoms with van der Waals surface area (Å²) in [6, 6.07) is 1.27. The first-order chi connectivity index (χ1) is 5.56. The lowest BCUT2D eigenvalue weighted by Crippen LogP contribution is -2.37. The number of rotatable bonds is 2. The van der Waals surface area contributed by atoms with Gasteiger partial charge in [0.15, 0.2) is 0 Å². The maximum atomic E-state index is 12.6. The Morgan fingerprint density at radius 2 is 2.33 bits per heavy atom. The minimum Gasteiger partial charge on any atom is -0.394 e.